The molecule has 4 aliphatic rings. The highest BCUT2D eigenvalue weighted by molar-refractivity contribution is 8.03. The Balaban J connectivity index is 1.45. The van der Waals surface area contributed by atoms with E-state index in [0.29, 0.717) is 17.9 Å². The number of thioether (sulfide) groups is 1. The SMILES string of the molecule is C[C@@H](O)[C@H]1C(=O)N2C(C(=O)O)=C(S[C@@H]3CN[C@H](/C=C4\CNC4=O)C3)C[C@H]12. The summed E-state index contributed by atoms with van der Waals surface area (Å²) in [7, 11) is 0. The lowest BCUT2D eigenvalue weighted by Gasteiger charge is -2.44. The van der Waals surface area contributed by atoms with Gasteiger partial charge < -0.3 is 25.7 Å². The summed E-state index contributed by atoms with van der Waals surface area (Å²) in [6.45, 7) is 2.89. The predicted octanol–water partition coefficient (Wildman–Crippen LogP) is -0.586. The summed E-state index contributed by atoms with van der Waals surface area (Å²) >= 11 is 1.50. The lowest BCUT2D eigenvalue weighted by Crippen LogP contribution is -2.61. The van der Waals surface area contributed by atoms with Gasteiger partial charge in [0.05, 0.1) is 18.1 Å². The zero-order chi connectivity index (χ0) is 18.6. The molecular weight excluding hydrogens is 358 g/mol. The minimum absolute atomic E-state index is 0.0263. The maximum Gasteiger partial charge on any atom is 0.353 e. The van der Waals surface area contributed by atoms with Gasteiger partial charge in [-0.1, -0.05) is 6.08 Å². The van der Waals surface area contributed by atoms with Crippen LogP contribution >= 0.6 is 11.8 Å². The lowest BCUT2D eigenvalue weighted by atomic mass is 9.83. The van der Waals surface area contributed by atoms with E-state index in [9.17, 15) is 24.6 Å². The molecular formula is C17H21N3O5S. The van der Waals surface area contributed by atoms with Crippen LogP contribution in [0.5, 0.6) is 0 Å². The van der Waals surface area contributed by atoms with E-state index in [-0.39, 0.29) is 34.8 Å². The molecule has 0 spiro atoms. The van der Waals surface area contributed by atoms with Crippen LogP contribution in [0.25, 0.3) is 0 Å². The second-order valence-corrected chi connectivity index (χ2v) is 8.58. The fraction of sp³-hybridized carbons (Fsp3) is 0.588. The van der Waals surface area contributed by atoms with E-state index in [2.05, 4.69) is 10.6 Å². The van der Waals surface area contributed by atoms with Crippen molar-refractivity contribution < 1.29 is 24.6 Å². The van der Waals surface area contributed by atoms with E-state index in [4.69, 9.17) is 0 Å². The molecule has 0 unspecified atom stereocenters. The molecule has 0 aromatic heterocycles. The first-order valence-electron chi connectivity index (χ1n) is 8.73. The third-order valence-corrected chi connectivity index (χ3v) is 6.79. The number of aliphatic hydroxyl groups is 1. The maximum atomic E-state index is 12.2. The molecule has 0 aliphatic carbocycles. The van der Waals surface area contributed by atoms with Crippen LogP contribution in [0.3, 0.4) is 0 Å². The normalized spacial score (nSPS) is 35.9. The van der Waals surface area contributed by atoms with Gasteiger partial charge >= 0.3 is 5.97 Å². The Morgan fingerprint density at radius 2 is 2.19 bits per heavy atom. The Bertz CT molecular complexity index is 747. The number of carbonyl (C=O) groups excluding carboxylic acids is 2. The van der Waals surface area contributed by atoms with E-state index in [1.54, 1.807) is 6.92 Å². The number of aliphatic hydroxyl groups excluding tert-OH is 1. The van der Waals surface area contributed by atoms with Crippen LogP contribution in [0.4, 0.5) is 0 Å². The Kier molecular flexibility index (Phi) is 4.32. The van der Waals surface area contributed by atoms with Crippen molar-refractivity contribution in [3.63, 3.8) is 0 Å². The molecule has 3 saturated heterocycles. The van der Waals surface area contributed by atoms with Gasteiger partial charge in [0.2, 0.25) is 11.8 Å². The van der Waals surface area contributed by atoms with Gasteiger partial charge in [0, 0.05) is 41.3 Å². The van der Waals surface area contributed by atoms with Crippen molar-refractivity contribution >= 4 is 29.5 Å². The molecule has 0 aromatic rings. The molecule has 0 aromatic carbocycles. The molecule has 8 nitrogen and oxygen atoms in total. The molecule has 4 heterocycles. The van der Waals surface area contributed by atoms with Gasteiger partial charge in [-0.15, -0.1) is 11.8 Å². The van der Waals surface area contributed by atoms with E-state index in [1.807, 2.05) is 6.08 Å². The quantitative estimate of drug-likeness (QED) is 0.372. The molecule has 9 heteroatoms. The van der Waals surface area contributed by atoms with Crippen molar-refractivity contribution in [3.05, 3.63) is 22.3 Å². The lowest BCUT2D eigenvalue weighted by molar-refractivity contribution is -0.161. The van der Waals surface area contributed by atoms with Gasteiger partial charge in [0.25, 0.3) is 0 Å². The second-order valence-electron chi connectivity index (χ2n) is 7.19. The summed E-state index contributed by atoms with van der Waals surface area (Å²) in [5.41, 5.74) is 0.857. The number of amides is 2. The van der Waals surface area contributed by atoms with E-state index in [1.165, 1.54) is 16.7 Å². The number of carbonyl (C=O) groups is 3. The van der Waals surface area contributed by atoms with Crippen molar-refractivity contribution in [2.45, 2.75) is 43.2 Å². The highest BCUT2D eigenvalue weighted by Crippen LogP contribution is 2.48. The van der Waals surface area contributed by atoms with Crippen LogP contribution in [0.1, 0.15) is 19.8 Å². The van der Waals surface area contributed by atoms with Gasteiger partial charge in [0.15, 0.2) is 0 Å². The summed E-state index contributed by atoms with van der Waals surface area (Å²) in [5.74, 6) is -1.94. The first-order chi connectivity index (χ1) is 12.4. The number of nitrogens with one attached hydrogen (secondary N) is 2. The van der Waals surface area contributed by atoms with Crippen LogP contribution in [-0.2, 0) is 14.4 Å². The van der Waals surface area contributed by atoms with E-state index >= 15 is 0 Å². The zero-order valence-corrected chi connectivity index (χ0v) is 15.1. The molecule has 4 N–H and O–H groups in total. The Hall–Kier alpha value is -1.84. The number of carboxylic acids is 1. The highest BCUT2D eigenvalue weighted by atomic mass is 32.2. The Morgan fingerprint density at radius 1 is 1.42 bits per heavy atom. The second kappa shape index (κ2) is 6.40. The number of fused-ring (bicyclic) bond motifs is 1. The fourth-order valence-corrected chi connectivity index (χ4v) is 5.58. The molecule has 0 saturated carbocycles. The molecule has 5 atom stereocenters. The maximum absolute atomic E-state index is 12.2. The largest absolute Gasteiger partial charge is 0.477 e. The van der Waals surface area contributed by atoms with Crippen LogP contribution in [0.2, 0.25) is 0 Å². The van der Waals surface area contributed by atoms with Gasteiger partial charge in [-0.25, -0.2) is 4.79 Å². The average molecular weight is 379 g/mol. The van der Waals surface area contributed by atoms with Crippen LogP contribution in [-0.4, -0.2) is 69.4 Å². The smallest absolute Gasteiger partial charge is 0.353 e. The molecule has 140 valence electrons. The number of rotatable bonds is 5. The number of β-lactam (4-membered cyclic amide) rings is 2. The number of nitrogens with zero attached hydrogens (tertiary/aromatic N) is 1. The third-order valence-electron chi connectivity index (χ3n) is 5.46. The number of hydrogen-bond donors (Lipinski definition) is 4. The fourth-order valence-electron chi connectivity index (χ4n) is 4.13. The summed E-state index contributed by atoms with van der Waals surface area (Å²) in [6.07, 6.45) is 2.45. The predicted molar refractivity (Wildman–Crippen MR) is 94.0 cm³/mol. The van der Waals surface area contributed by atoms with Crippen molar-refractivity contribution in [2.75, 3.05) is 13.1 Å². The van der Waals surface area contributed by atoms with Crippen LogP contribution in [0, 0.1) is 5.92 Å². The standard InChI is InChI=1S/C17H21N3O5S/c1-7(21)13-11-4-12(14(17(24)25)20(11)16(13)23)26-10-3-9(18-6-10)2-8-5-19-15(8)22/h2,7,9-11,13,18,21H,3-6H2,1H3,(H,19,22)(H,24,25)/b8-2+/t7-,9-,10+,11-,13-/m1/s1. The molecule has 4 rings (SSSR count). The monoisotopic (exact) mass is 379 g/mol. The number of aliphatic carboxylic acids is 1. The van der Waals surface area contributed by atoms with Gasteiger partial charge in [-0.05, 0) is 13.3 Å². The van der Waals surface area contributed by atoms with Gasteiger partial charge in [-0.3, -0.25) is 9.59 Å². The minimum Gasteiger partial charge on any atom is -0.477 e. The summed E-state index contributed by atoms with van der Waals surface area (Å²) in [4.78, 5) is 37.3. The van der Waals surface area contributed by atoms with Crippen molar-refractivity contribution in [3.8, 4) is 0 Å². The molecule has 4 aliphatic heterocycles. The summed E-state index contributed by atoms with van der Waals surface area (Å²) in [6, 6.07) is -0.144. The van der Waals surface area contributed by atoms with E-state index < -0.39 is 18.0 Å². The van der Waals surface area contributed by atoms with Gasteiger partial charge in [-0.2, -0.15) is 0 Å². The van der Waals surface area contributed by atoms with E-state index in [0.717, 1.165) is 18.5 Å². The van der Waals surface area contributed by atoms with Crippen LogP contribution in [0.15, 0.2) is 22.3 Å². The molecule has 0 bridgehead atoms. The highest BCUT2D eigenvalue weighted by Gasteiger charge is 2.57. The third kappa shape index (κ3) is 2.74. The topological polar surface area (TPSA) is 119 Å². The summed E-state index contributed by atoms with van der Waals surface area (Å²) in [5, 5.41) is 25.6. The van der Waals surface area contributed by atoms with Crippen LogP contribution < -0.4 is 10.6 Å². The van der Waals surface area contributed by atoms with Crippen molar-refractivity contribution in [1.29, 1.82) is 0 Å². The number of carboxylic acid groups (broad SMARTS) is 1. The Labute approximate surface area is 154 Å². The first kappa shape index (κ1) is 17.6. The molecule has 3 fully saturated rings. The first-order valence-corrected chi connectivity index (χ1v) is 9.61. The number of hydrogen-bond acceptors (Lipinski definition) is 6. The van der Waals surface area contributed by atoms with Crippen molar-refractivity contribution in [2.24, 2.45) is 5.92 Å². The van der Waals surface area contributed by atoms with Crippen molar-refractivity contribution in [1.82, 2.24) is 15.5 Å². The minimum atomic E-state index is -1.09. The molecule has 2 amide bonds. The summed E-state index contributed by atoms with van der Waals surface area (Å²) < 4.78 is 0. The molecule has 0 radical (unpaired) electrons. The molecule has 26 heavy (non-hydrogen) atoms. The van der Waals surface area contributed by atoms with Gasteiger partial charge in [0.1, 0.15) is 5.70 Å². The average Bonchev–Trinajstić information content (AvgIpc) is 3.13. The zero-order valence-electron chi connectivity index (χ0n) is 14.3. The Morgan fingerprint density at radius 3 is 2.77 bits per heavy atom.